The van der Waals surface area contributed by atoms with Crippen LogP contribution >= 0.6 is 0 Å². The molecule has 1 N–H and O–H groups in total. The van der Waals surface area contributed by atoms with Gasteiger partial charge in [0.05, 0.1) is 6.61 Å². The molecule has 9 heavy (non-hydrogen) atoms. The lowest BCUT2D eigenvalue weighted by Crippen LogP contribution is -1.96. The van der Waals surface area contributed by atoms with Crippen LogP contribution in [0.4, 0.5) is 0 Å². The fourth-order valence-corrected chi connectivity index (χ4v) is 0.366. The molecule has 0 aliphatic carbocycles. The van der Waals surface area contributed by atoms with Gasteiger partial charge in [0.2, 0.25) is 0 Å². The second-order valence-electron chi connectivity index (χ2n) is 1.49. The van der Waals surface area contributed by atoms with E-state index in [1.54, 1.807) is 6.92 Å². The van der Waals surface area contributed by atoms with Gasteiger partial charge in [-0.2, -0.15) is 0 Å². The Kier molecular flexibility index (Phi) is 4.66. The van der Waals surface area contributed by atoms with Crippen LogP contribution in [0.2, 0.25) is 0 Å². The maximum Gasteiger partial charge on any atom is 0.111 e. The largest absolute Gasteiger partial charge is 0.495 e. The molecule has 0 aromatic carbocycles. The predicted molar refractivity (Wildman–Crippen MR) is 35.6 cm³/mol. The molecule has 0 amide bonds. The molecule has 0 aromatic heterocycles. The van der Waals surface area contributed by atoms with Crippen LogP contribution in [0.1, 0.15) is 6.92 Å². The van der Waals surface area contributed by atoms with Crippen molar-refractivity contribution in [2.24, 2.45) is 0 Å². The Morgan fingerprint density at radius 3 is 3.00 bits per heavy atom. The molecular weight excluding hydrogens is 116 g/mol. The molecule has 0 saturated heterocycles. The van der Waals surface area contributed by atoms with Gasteiger partial charge in [-0.05, 0) is 6.92 Å². The van der Waals surface area contributed by atoms with Gasteiger partial charge in [0.1, 0.15) is 12.4 Å². The summed E-state index contributed by atoms with van der Waals surface area (Å²) >= 11 is 0. The molecule has 0 radical (unpaired) electrons. The third-order valence-electron chi connectivity index (χ3n) is 0.708. The zero-order valence-corrected chi connectivity index (χ0v) is 5.42. The SMILES string of the molecule is C#CC=C(C)OCCO. The Morgan fingerprint density at radius 1 is 1.89 bits per heavy atom. The number of hydrogen-bond donors (Lipinski definition) is 1. The van der Waals surface area contributed by atoms with E-state index in [2.05, 4.69) is 5.92 Å². The molecule has 0 saturated carbocycles. The van der Waals surface area contributed by atoms with Crippen LogP contribution in [-0.2, 0) is 4.74 Å². The van der Waals surface area contributed by atoms with E-state index in [1.165, 1.54) is 6.08 Å². The third kappa shape index (κ3) is 4.92. The van der Waals surface area contributed by atoms with E-state index >= 15 is 0 Å². The molecule has 0 atom stereocenters. The van der Waals surface area contributed by atoms with Crippen molar-refractivity contribution in [1.29, 1.82) is 0 Å². The Hall–Kier alpha value is -0.940. The summed E-state index contributed by atoms with van der Waals surface area (Å²) in [7, 11) is 0. The van der Waals surface area contributed by atoms with Gasteiger partial charge in [0, 0.05) is 6.08 Å². The number of hydrogen-bond acceptors (Lipinski definition) is 2. The first-order chi connectivity index (χ1) is 4.31. The molecule has 2 nitrogen and oxygen atoms in total. The molecule has 50 valence electrons. The fraction of sp³-hybridized carbons (Fsp3) is 0.429. The normalized spacial score (nSPS) is 10.6. The average Bonchev–Trinajstić information content (AvgIpc) is 1.85. The summed E-state index contributed by atoms with van der Waals surface area (Å²) in [5.41, 5.74) is 0. The first kappa shape index (κ1) is 8.06. The average molecular weight is 126 g/mol. The van der Waals surface area contributed by atoms with Crippen molar-refractivity contribution < 1.29 is 9.84 Å². The zero-order valence-electron chi connectivity index (χ0n) is 5.42. The monoisotopic (exact) mass is 126 g/mol. The van der Waals surface area contributed by atoms with Gasteiger partial charge < -0.3 is 9.84 Å². The number of ether oxygens (including phenoxy) is 1. The number of rotatable bonds is 3. The van der Waals surface area contributed by atoms with Gasteiger partial charge in [-0.3, -0.25) is 0 Å². The van der Waals surface area contributed by atoms with E-state index in [-0.39, 0.29) is 6.61 Å². The van der Waals surface area contributed by atoms with E-state index in [4.69, 9.17) is 16.3 Å². The van der Waals surface area contributed by atoms with Gasteiger partial charge >= 0.3 is 0 Å². The van der Waals surface area contributed by atoms with Crippen LogP contribution in [0.25, 0.3) is 0 Å². The molecule has 2 heteroatoms. The van der Waals surface area contributed by atoms with Crippen LogP contribution < -0.4 is 0 Å². The standard InChI is InChI=1S/C7H10O2/c1-3-4-7(2)9-6-5-8/h1,4,8H,5-6H2,2H3. The second-order valence-corrected chi connectivity index (χ2v) is 1.49. The quantitative estimate of drug-likeness (QED) is 0.441. The maximum absolute atomic E-state index is 8.28. The van der Waals surface area contributed by atoms with Crippen molar-refractivity contribution in [1.82, 2.24) is 0 Å². The van der Waals surface area contributed by atoms with Crippen LogP contribution in [-0.4, -0.2) is 18.3 Å². The second kappa shape index (κ2) is 5.20. The van der Waals surface area contributed by atoms with Crippen LogP contribution in [0, 0.1) is 12.3 Å². The number of terminal acetylenes is 1. The first-order valence-electron chi connectivity index (χ1n) is 2.68. The van der Waals surface area contributed by atoms with E-state index in [9.17, 15) is 0 Å². The number of aliphatic hydroxyl groups excluding tert-OH is 1. The third-order valence-corrected chi connectivity index (χ3v) is 0.708. The summed E-state index contributed by atoms with van der Waals surface area (Å²) in [6.07, 6.45) is 6.44. The van der Waals surface area contributed by atoms with E-state index < -0.39 is 0 Å². The molecule has 0 aliphatic heterocycles. The lowest BCUT2D eigenvalue weighted by atomic mass is 10.5. The van der Waals surface area contributed by atoms with Crippen molar-refractivity contribution >= 4 is 0 Å². The Balaban J connectivity index is 3.40. The Bertz CT molecular complexity index is 130. The highest BCUT2D eigenvalue weighted by atomic mass is 16.5. The van der Waals surface area contributed by atoms with E-state index in [1.807, 2.05) is 0 Å². The molecule has 0 fully saturated rings. The molecular formula is C7H10O2. The van der Waals surface area contributed by atoms with Crippen molar-refractivity contribution in [3.8, 4) is 12.3 Å². The summed E-state index contributed by atoms with van der Waals surface area (Å²) in [6.45, 7) is 2.08. The fourth-order valence-electron chi connectivity index (χ4n) is 0.366. The molecule has 0 aliphatic rings. The van der Waals surface area contributed by atoms with Crippen LogP contribution in [0.5, 0.6) is 0 Å². The maximum atomic E-state index is 8.28. The summed E-state index contributed by atoms with van der Waals surface area (Å²) in [6, 6.07) is 0. The van der Waals surface area contributed by atoms with Crippen LogP contribution in [0.15, 0.2) is 11.8 Å². The summed E-state index contributed by atoms with van der Waals surface area (Å²) < 4.78 is 4.90. The highest BCUT2D eigenvalue weighted by Crippen LogP contribution is 1.91. The molecule has 0 aromatic rings. The van der Waals surface area contributed by atoms with Crippen molar-refractivity contribution in [3.05, 3.63) is 11.8 Å². The van der Waals surface area contributed by atoms with Gasteiger partial charge in [-0.25, -0.2) is 0 Å². The molecule has 0 spiro atoms. The predicted octanol–water partition coefficient (Wildman–Crippen LogP) is 0.532. The Labute approximate surface area is 55.1 Å². The van der Waals surface area contributed by atoms with E-state index in [0.29, 0.717) is 12.4 Å². The lowest BCUT2D eigenvalue weighted by molar-refractivity contribution is 0.146. The number of aliphatic hydroxyl groups is 1. The van der Waals surface area contributed by atoms with Crippen LogP contribution in [0.3, 0.4) is 0 Å². The summed E-state index contributed by atoms with van der Waals surface area (Å²) in [4.78, 5) is 0. The van der Waals surface area contributed by atoms with Gasteiger partial charge in [0.25, 0.3) is 0 Å². The molecule has 0 bridgehead atoms. The van der Waals surface area contributed by atoms with Gasteiger partial charge in [-0.1, -0.05) is 5.92 Å². The van der Waals surface area contributed by atoms with Crippen molar-refractivity contribution in [2.75, 3.05) is 13.2 Å². The zero-order chi connectivity index (χ0) is 7.11. The smallest absolute Gasteiger partial charge is 0.111 e. The summed E-state index contributed by atoms with van der Waals surface area (Å²) in [5.74, 6) is 2.97. The molecule has 0 heterocycles. The van der Waals surface area contributed by atoms with Gasteiger partial charge in [-0.15, -0.1) is 6.42 Å². The summed E-state index contributed by atoms with van der Waals surface area (Å²) in [5, 5.41) is 8.28. The van der Waals surface area contributed by atoms with E-state index in [0.717, 1.165) is 0 Å². The van der Waals surface area contributed by atoms with Gasteiger partial charge in [0.15, 0.2) is 0 Å². The molecule has 0 unspecified atom stereocenters. The first-order valence-corrected chi connectivity index (χ1v) is 2.68. The minimum absolute atomic E-state index is 0.0236. The highest BCUT2D eigenvalue weighted by Gasteiger charge is 1.84. The molecule has 0 rings (SSSR count). The minimum atomic E-state index is 0.0236. The minimum Gasteiger partial charge on any atom is -0.495 e. The van der Waals surface area contributed by atoms with Crippen molar-refractivity contribution in [2.45, 2.75) is 6.92 Å². The lowest BCUT2D eigenvalue weighted by Gasteiger charge is -2.00. The van der Waals surface area contributed by atoms with Crippen molar-refractivity contribution in [3.63, 3.8) is 0 Å². The topological polar surface area (TPSA) is 29.5 Å². The Morgan fingerprint density at radius 2 is 2.56 bits per heavy atom. The number of allylic oxidation sites excluding steroid dienone is 2. The highest BCUT2D eigenvalue weighted by molar-refractivity contribution is 5.11.